The Hall–Kier alpha value is -0.830. The van der Waals surface area contributed by atoms with Crippen LogP contribution >= 0.6 is 0 Å². The van der Waals surface area contributed by atoms with Gasteiger partial charge in [0, 0.05) is 25.4 Å². The molecule has 0 amide bonds. The van der Waals surface area contributed by atoms with Crippen LogP contribution < -0.4 is 5.32 Å². The van der Waals surface area contributed by atoms with Crippen molar-refractivity contribution in [3.63, 3.8) is 0 Å². The molecule has 92 valence electrons. The second kappa shape index (κ2) is 8.34. The third-order valence-corrected chi connectivity index (χ3v) is 2.79. The number of aromatic nitrogens is 2. The quantitative estimate of drug-likeness (QED) is 0.652. The molecule has 0 bridgehead atoms. The van der Waals surface area contributed by atoms with Crippen LogP contribution in [-0.4, -0.2) is 16.3 Å². The van der Waals surface area contributed by atoms with E-state index in [1.807, 2.05) is 17.9 Å². The number of hydrogen-bond donors (Lipinski definition) is 1. The summed E-state index contributed by atoms with van der Waals surface area (Å²) in [7, 11) is 1.96. The molecule has 0 unspecified atom stereocenters. The minimum absolute atomic E-state index is 0.947. The highest BCUT2D eigenvalue weighted by Crippen LogP contribution is 2.04. The summed E-state index contributed by atoms with van der Waals surface area (Å²) >= 11 is 0. The number of unbranched alkanes of at least 4 members (excludes halogenated alkanes) is 5. The van der Waals surface area contributed by atoms with Gasteiger partial charge in [0.2, 0.25) is 0 Å². The van der Waals surface area contributed by atoms with Crippen molar-refractivity contribution in [2.24, 2.45) is 7.05 Å². The molecular formula is C13H25N3. The Morgan fingerprint density at radius 1 is 1.19 bits per heavy atom. The van der Waals surface area contributed by atoms with Crippen molar-refractivity contribution in [3.8, 4) is 0 Å². The van der Waals surface area contributed by atoms with Crippen molar-refractivity contribution in [1.29, 1.82) is 0 Å². The summed E-state index contributed by atoms with van der Waals surface area (Å²) in [6.45, 7) is 4.33. The predicted octanol–water partition coefficient (Wildman–Crippen LogP) is 2.87. The van der Waals surface area contributed by atoms with Crippen molar-refractivity contribution in [1.82, 2.24) is 15.1 Å². The molecule has 1 heterocycles. The van der Waals surface area contributed by atoms with E-state index in [2.05, 4.69) is 23.5 Å². The Balaban J connectivity index is 1.88. The SMILES string of the molecule is CCCCCCCCNCc1cnn(C)c1. The van der Waals surface area contributed by atoms with Crippen molar-refractivity contribution in [2.45, 2.75) is 52.0 Å². The van der Waals surface area contributed by atoms with Crippen LogP contribution in [0.25, 0.3) is 0 Å². The van der Waals surface area contributed by atoms with E-state index in [0.717, 1.165) is 13.1 Å². The van der Waals surface area contributed by atoms with E-state index in [9.17, 15) is 0 Å². The number of hydrogen-bond acceptors (Lipinski definition) is 2. The van der Waals surface area contributed by atoms with E-state index in [1.165, 1.54) is 44.1 Å². The largest absolute Gasteiger partial charge is 0.313 e. The van der Waals surface area contributed by atoms with Gasteiger partial charge in [0.15, 0.2) is 0 Å². The third kappa shape index (κ3) is 5.91. The van der Waals surface area contributed by atoms with Crippen LogP contribution in [-0.2, 0) is 13.6 Å². The summed E-state index contributed by atoms with van der Waals surface area (Å²) in [5.41, 5.74) is 1.27. The van der Waals surface area contributed by atoms with Gasteiger partial charge in [-0.05, 0) is 13.0 Å². The van der Waals surface area contributed by atoms with Gasteiger partial charge in [-0.1, -0.05) is 39.0 Å². The molecule has 0 saturated carbocycles. The summed E-state index contributed by atoms with van der Waals surface area (Å²) in [5.74, 6) is 0. The molecule has 1 rings (SSSR count). The predicted molar refractivity (Wildman–Crippen MR) is 68.3 cm³/mol. The molecule has 0 radical (unpaired) electrons. The molecule has 3 nitrogen and oxygen atoms in total. The topological polar surface area (TPSA) is 29.9 Å². The zero-order chi connectivity index (χ0) is 11.6. The van der Waals surface area contributed by atoms with Crippen LogP contribution in [0.15, 0.2) is 12.4 Å². The lowest BCUT2D eigenvalue weighted by Crippen LogP contribution is -2.14. The van der Waals surface area contributed by atoms with Crippen molar-refractivity contribution < 1.29 is 0 Å². The molecular weight excluding hydrogens is 198 g/mol. The highest BCUT2D eigenvalue weighted by Gasteiger charge is 1.95. The number of rotatable bonds is 9. The summed E-state index contributed by atoms with van der Waals surface area (Å²) in [5, 5.41) is 7.59. The van der Waals surface area contributed by atoms with Gasteiger partial charge in [-0.15, -0.1) is 0 Å². The number of nitrogens with zero attached hydrogens (tertiary/aromatic N) is 2. The third-order valence-electron chi connectivity index (χ3n) is 2.79. The Morgan fingerprint density at radius 2 is 1.94 bits per heavy atom. The monoisotopic (exact) mass is 223 g/mol. The Kier molecular flexibility index (Phi) is 6.90. The molecule has 1 N–H and O–H groups in total. The maximum atomic E-state index is 4.14. The maximum Gasteiger partial charge on any atom is 0.0534 e. The Labute approximate surface area is 99.2 Å². The molecule has 1 aromatic heterocycles. The average Bonchev–Trinajstić information content (AvgIpc) is 2.68. The summed E-state index contributed by atoms with van der Waals surface area (Å²) in [6, 6.07) is 0. The fourth-order valence-corrected chi connectivity index (χ4v) is 1.83. The second-order valence-electron chi connectivity index (χ2n) is 4.47. The fourth-order valence-electron chi connectivity index (χ4n) is 1.83. The first-order chi connectivity index (χ1) is 7.83. The minimum atomic E-state index is 0.947. The van der Waals surface area contributed by atoms with Gasteiger partial charge in [0.05, 0.1) is 6.20 Å². The molecule has 0 aliphatic rings. The van der Waals surface area contributed by atoms with Crippen LogP contribution in [0.4, 0.5) is 0 Å². The highest BCUT2D eigenvalue weighted by molar-refractivity contribution is 5.02. The lowest BCUT2D eigenvalue weighted by Gasteiger charge is -2.02. The summed E-state index contributed by atoms with van der Waals surface area (Å²) in [6.07, 6.45) is 12.2. The number of nitrogens with one attached hydrogen (secondary N) is 1. The fraction of sp³-hybridized carbons (Fsp3) is 0.769. The molecule has 0 spiro atoms. The molecule has 0 aliphatic carbocycles. The van der Waals surface area contributed by atoms with Crippen LogP contribution in [0.5, 0.6) is 0 Å². The molecule has 0 aromatic carbocycles. The first-order valence-corrected chi connectivity index (χ1v) is 6.51. The summed E-state index contributed by atoms with van der Waals surface area (Å²) < 4.78 is 1.85. The molecule has 1 aromatic rings. The first kappa shape index (κ1) is 13.2. The Bertz CT molecular complexity index is 268. The number of aryl methyl sites for hydroxylation is 1. The van der Waals surface area contributed by atoms with E-state index in [0.29, 0.717) is 0 Å². The normalized spacial score (nSPS) is 10.9. The molecule has 0 aliphatic heterocycles. The van der Waals surface area contributed by atoms with Crippen LogP contribution in [0.2, 0.25) is 0 Å². The maximum absolute atomic E-state index is 4.14. The summed E-state index contributed by atoms with van der Waals surface area (Å²) in [4.78, 5) is 0. The molecule has 3 heteroatoms. The van der Waals surface area contributed by atoms with E-state index in [4.69, 9.17) is 0 Å². The second-order valence-corrected chi connectivity index (χ2v) is 4.47. The van der Waals surface area contributed by atoms with Gasteiger partial charge >= 0.3 is 0 Å². The van der Waals surface area contributed by atoms with E-state index in [-0.39, 0.29) is 0 Å². The first-order valence-electron chi connectivity index (χ1n) is 6.51. The Morgan fingerprint density at radius 3 is 2.62 bits per heavy atom. The van der Waals surface area contributed by atoms with Crippen molar-refractivity contribution in [3.05, 3.63) is 18.0 Å². The average molecular weight is 223 g/mol. The van der Waals surface area contributed by atoms with Crippen LogP contribution in [0, 0.1) is 0 Å². The minimum Gasteiger partial charge on any atom is -0.313 e. The molecule has 0 saturated heterocycles. The van der Waals surface area contributed by atoms with Gasteiger partial charge < -0.3 is 5.32 Å². The smallest absolute Gasteiger partial charge is 0.0534 e. The van der Waals surface area contributed by atoms with Gasteiger partial charge in [0.25, 0.3) is 0 Å². The lowest BCUT2D eigenvalue weighted by atomic mass is 10.1. The molecule has 0 fully saturated rings. The highest BCUT2D eigenvalue weighted by atomic mass is 15.2. The van der Waals surface area contributed by atoms with Gasteiger partial charge in [0.1, 0.15) is 0 Å². The zero-order valence-electron chi connectivity index (χ0n) is 10.7. The van der Waals surface area contributed by atoms with Gasteiger partial charge in [-0.2, -0.15) is 5.10 Å². The lowest BCUT2D eigenvalue weighted by molar-refractivity contribution is 0.572. The van der Waals surface area contributed by atoms with E-state index < -0.39 is 0 Å². The van der Waals surface area contributed by atoms with E-state index in [1.54, 1.807) is 0 Å². The zero-order valence-corrected chi connectivity index (χ0v) is 10.7. The standard InChI is InChI=1S/C13H25N3/c1-3-4-5-6-7-8-9-14-10-13-11-15-16(2)12-13/h11-12,14H,3-10H2,1-2H3. The van der Waals surface area contributed by atoms with Crippen molar-refractivity contribution in [2.75, 3.05) is 6.54 Å². The van der Waals surface area contributed by atoms with Crippen LogP contribution in [0.1, 0.15) is 51.0 Å². The van der Waals surface area contributed by atoms with E-state index >= 15 is 0 Å². The van der Waals surface area contributed by atoms with Gasteiger partial charge in [-0.25, -0.2) is 0 Å². The molecule has 0 atom stereocenters. The van der Waals surface area contributed by atoms with Crippen LogP contribution in [0.3, 0.4) is 0 Å². The molecule has 16 heavy (non-hydrogen) atoms. The van der Waals surface area contributed by atoms with Crippen molar-refractivity contribution >= 4 is 0 Å². The van der Waals surface area contributed by atoms with Gasteiger partial charge in [-0.3, -0.25) is 4.68 Å².